The van der Waals surface area contributed by atoms with Crippen molar-refractivity contribution in [2.45, 2.75) is 71.6 Å². The number of nitrogens with one attached hydrogen (secondary N) is 1. The Morgan fingerprint density at radius 2 is 1.59 bits per heavy atom. The van der Waals surface area contributed by atoms with Crippen LogP contribution in [0, 0.1) is 0 Å². The topological polar surface area (TPSA) is 121 Å². The molecule has 2 aromatic heterocycles. The molecule has 1 N–H and O–H groups in total. The molecule has 0 aliphatic carbocycles. The molecule has 0 bridgehead atoms. The average molecular weight is 511 g/mol. The Labute approximate surface area is 216 Å². The van der Waals surface area contributed by atoms with Crippen LogP contribution in [0.2, 0.25) is 0 Å². The molecule has 1 fully saturated rings. The van der Waals surface area contributed by atoms with Gasteiger partial charge in [0, 0.05) is 18.8 Å². The van der Waals surface area contributed by atoms with Gasteiger partial charge in [0.15, 0.2) is 5.65 Å². The highest BCUT2D eigenvalue weighted by atomic mass is 16.6. The lowest BCUT2D eigenvalue weighted by atomic mass is 10.1. The molecule has 11 nitrogen and oxygen atoms in total. The number of piperidine rings is 1. The predicted molar refractivity (Wildman–Crippen MR) is 138 cm³/mol. The van der Waals surface area contributed by atoms with Gasteiger partial charge in [-0.3, -0.25) is 5.32 Å². The van der Waals surface area contributed by atoms with Crippen molar-refractivity contribution in [2.75, 3.05) is 18.4 Å². The van der Waals surface area contributed by atoms with E-state index in [1.807, 2.05) is 25.5 Å². The molecule has 3 heterocycles. The highest BCUT2D eigenvalue weighted by Gasteiger charge is 2.29. The normalized spacial score (nSPS) is 14.9. The number of ether oxygens (including phenoxy) is 3. The predicted octanol–water partition coefficient (Wildman–Crippen LogP) is 5.54. The maximum atomic E-state index is 12.4. The van der Waals surface area contributed by atoms with E-state index in [-0.39, 0.29) is 12.1 Å². The number of amides is 2. The molecule has 37 heavy (non-hydrogen) atoms. The van der Waals surface area contributed by atoms with Crippen molar-refractivity contribution >= 4 is 28.9 Å². The summed E-state index contributed by atoms with van der Waals surface area (Å²) in [6.45, 7) is 12.2. The van der Waals surface area contributed by atoms with Crippen molar-refractivity contribution in [1.29, 1.82) is 0 Å². The number of carbonyl (C=O) groups excluding carboxylic acids is 2. The summed E-state index contributed by atoms with van der Waals surface area (Å²) in [6.07, 6.45) is 3.81. The molecule has 0 saturated carbocycles. The van der Waals surface area contributed by atoms with Gasteiger partial charge < -0.3 is 19.1 Å². The molecular weight excluding hydrogens is 476 g/mol. The minimum atomic E-state index is -0.578. The number of likely N-dealkylation sites (tertiary alicyclic amines) is 1. The van der Waals surface area contributed by atoms with Gasteiger partial charge in [-0.1, -0.05) is 0 Å². The van der Waals surface area contributed by atoms with E-state index < -0.39 is 17.3 Å². The van der Waals surface area contributed by atoms with Crippen molar-refractivity contribution in [3.63, 3.8) is 0 Å². The third kappa shape index (κ3) is 6.87. The number of aromatic nitrogens is 4. The highest BCUT2D eigenvalue weighted by Crippen LogP contribution is 2.31. The molecule has 1 aromatic carbocycles. The molecule has 198 valence electrons. The molecule has 1 aliphatic rings. The standard InChI is InChI=1S/C26H34N6O5/c1-25(2,3)36-23(33)30-17-7-9-19(10-8-17)35-22-20-15-29-32(21(20)27-16-28-22)18-11-13-31(14-12-18)24(34)37-26(4,5)6/h7-10,15-16,18H,11-14H2,1-6H3,(H,30,33). The van der Waals surface area contributed by atoms with Crippen LogP contribution in [0.4, 0.5) is 15.3 Å². The molecule has 1 aliphatic heterocycles. The first kappa shape index (κ1) is 26.2. The van der Waals surface area contributed by atoms with Crippen molar-refractivity contribution in [2.24, 2.45) is 0 Å². The number of hydrogen-bond acceptors (Lipinski definition) is 8. The van der Waals surface area contributed by atoms with Gasteiger partial charge in [-0.05, 0) is 78.6 Å². The minimum absolute atomic E-state index is 0.0946. The second-order valence-corrected chi connectivity index (χ2v) is 11.0. The van der Waals surface area contributed by atoms with E-state index >= 15 is 0 Å². The number of fused-ring (bicyclic) bond motifs is 1. The summed E-state index contributed by atoms with van der Waals surface area (Å²) in [5.41, 5.74) is 0.156. The van der Waals surface area contributed by atoms with Crippen LogP contribution < -0.4 is 10.1 Å². The van der Waals surface area contributed by atoms with Crippen molar-refractivity contribution in [3.8, 4) is 11.6 Å². The zero-order chi connectivity index (χ0) is 26.8. The number of carbonyl (C=O) groups is 2. The fraction of sp³-hybridized carbons (Fsp3) is 0.500. The van der Waals surface area contributed by atoms with Crippen LogP contribution in [0.15, 0.2) is 36.8 Å². The molecule has 0 radical (unpaired) electrons. The Balaban J connectivity index is 1.41. The Kier molecular flexibility index (Phi) is 7.24. The van der Waals surface area contributed by atoms with Gasteiger partial charge in [-0.2, -0.15) is 5.10 Å². The molecule has 2 amide bonds. The Bertz CT molecular complexity index is 1250. The lowest BCUT2D eigenvalue weighted by molar-refractivity contribution is 0.0186. The second kappa shape index (κ2) is 10.2. The number of anilines is 1. The molecule has 0 unspecified atom stereocenters. The first-order valence-electron chi connectivity index (χ1n) is 12.3. The Morgan fingerprint density at radius 1 is 0.946 bits per heavy atom. The minimum Gasteiger partial charge on any atom is -0.444 e. The first-order valence-corrected chi connectivity index (χ1v) is 12.3. The summed E-state index contributed by atoms with van der Waals surface area (Å²) in [5, 5.41) is 7.94. The zero-order valence-corrected chi connectivity index (χ0v) is 22.1. The summed E-state index contributed by atoms with van der Waals surface area (Å²) in [7, 11) is 0. The summed E-state index contributed by atoms with van der Waals surface area (Å²) < 4.78 is 18.7. The fourth-order valence-corrected chi connectivity index (χ4v) is 3.95. The molecule has 4 rings (SSSR count). The van der Waals surface area contributed by atoms with Gasteiger partial charge in [0.25, 0.3) is 0 Å². The number of hydrogen-bond donors (Lipinski definition) is 1. The fourth-order valence-electron chi connectivity index (χ4n) is 3.95. The van der Waals surface area contributed by atoms with Crippen LogP contribution in [-0.4, -0.2) is 61.1 Å². The van der Waals surface area contributed by atoms with E-state index in [9.17, 15) is 9.59 Å². The number of rotatable bonds is 4. The quantitative estimate of drug-likeness (QED) is 0.486. The molecule has 1 saturated heterocycles. The molecular formula is C26H34N6O5. The highest BCUT2D eigenvalue weighted by molar-refractivity contribution is 5.85. The van der Waals surface area contributed by atoms with E-state index in [0.717, 1.165) is 12.8 Å². The summed E-state index contributed by atoms with van der Waals surface area (Å²) in [5.74, 6) is 0.934. The maximum Gasteiger partial charge on any atom is 0.412 e. The number of benzene rings is 1. The van der Waals surface area contributed by atoms with E-state index in [2.05, 4.69) is 20.4 Å². The van der Waals surface area contributed by atoms with Crippen LogP contribution in [0.3, 0.4) is 0 Å². The smallest absolute Gasteiger partial charge is 0.412 e. The van der Waals surface area contributed by atoms with Gasteiger partial charge in [0.1, 0.15) is 28.7 Å². The summed E-state index contributed by atoms with van der Waals surface area (Å²) in [6, 6.07) is 7.01. The van der Waals surface area contributed by atoms with Gasteiger partial charge >= 0.3 is 12.2 Å². The second-order valence-electron chi connectivity index (χ2n) is 11.0. The Morgan fingerprint density at radius 3 is 2.22 bits per heavy atom. The van der Waals surface area contributed by atoms with Gasteiger partial charge in [-0.15, -0.1) is 0 Å². The van der Waals surface area contributed by atoms with Crippen LogP contribution in [0.5, 0.6) is 11.6 Å². The van der Waals surface area contributed by atoms with E-state index in [0.29, 0.717) is 41.4 Å². The maximum absolute atomic E-state index is 12.4. The summed E-state index contributed by atoms with van der Waals surface area (Å²) >= 11 is 0. The lowest BCUT2D eigenvalue weighted by Crippen LogP contribution is -2.42. The molecule has 11 heteroatoms. The lowest BCUT2D eigenvalue weighted by Gasteiger charge is -2.33. The largest absolute Gasteiger partial charge is 0.444 e. The van der Waals surface area contributed by atoms with Crippen molar-refractivity contribution in [1.82, 2.24) is 24.6 Å². The van der Waals surface area contributed by atoms with Gasteiger partial charge in [0.05, 0.1) is 12.2 Å². The van der Waals surface area contributed by atoms with E-state index in [1.165, 1.54) is 6.33 Å². The first-order chi connectivity index (χ1) is 17.4. The van der Waals surface area contributed by atoms with Gasteiger partial charge in [0.2, 0.25) is 5.88 Å². The Hall–Kier alpha value is -3.89. The van der Waals surface area contributed by atoms with Gasteiger partial charge in [-0.25, -0.2) is 24.2 Å². The van der Waals surface area contributed by atoms with Crippen LogP contribution >= 0.6 is 0 Å². The molecule has 0 spiro atoms. The monoisotopic (exact) mass is 510 g/mol. The zero-order valence-electron chi connectivity index (χ0n) is 22.1. The molecule has 3 aromatic rings. The summed E-state index contributed by atoms with van der Waals surface area (Å²) in [4.78, 5) is 34.8. The van der Waals surface area contributed by atoms with Crippen LogP contribution in [0.25, 0.3) is 11.0 Å². The average Bonchev–Trinajstić information content (AvgIpc) is 3.23. The van der Waals surface area contributed by atoms with E-state index in [1.54, 1.807) is 56.1 Å². The van der Waals surface area contributed by atoms with Crippen LogP contribution in [0.1, 0.15) is 60.4 Å². The van der Waals surface area contributed by atoms with Crippen molar-refractivity contribution in [3.05, 3.63) is 36.8 Å². The molecule has 0 atom stereocenters. The van der Waals surface area contributed by atoms with Crippen LogP contribution in [-0.2, 0) is 9.47 Å². The SMILES string of the molecule is CC(C)(C)OC(=O)Nc1ccc(Oc2ncnc3c2cnn3C2CCN(C(=O)OC(C)(C)C)CC2)cc1. The third-order valence-corrected chi connectivity index (χ3v) is 5.53. The number of nitrogens with zero attached hydrogens (tertiary/aromatic N) is 5. The van der Waals surface area contributed by atoms with E-state index in [4.69, 9.17) is 14.2 Å². The van der Waals surface area contributed by atoms with Crippen molar-refractivity contribution < 1.29 is 23.8 Å². The third-order valence-electron chi connectivity index (χ3n) is 5.53.